The zero-order valence-corrected chi connectivity index (χ0v) is 11.2. The Kier molecular flexibility index (Phi) is 6.64. The lowest BCUT2D eigenvalue weighted by Crippen LogP contribution is -2.00. The number of esters is 1. The molecule has 0 aliphatic carbocycles. The van der Waals surface area contributed by atoms with Crippen LogP contribution in [0.5, 0.6) is 0 Å². The van der Waals surface area contributed by atoms with E-state index in [-0.39, 0.29) is 12.4 Å². The molecule has 0 saturated carbocycles. The van der Waals surface area contributed by atoms with Gasteiger partial charge in [0.1, 0.15) is 0 Å². The molecule has 1 N–H and O–H groups in total. The number of aliphatic carboxylic acids is 1. The number of methoxy groups -OCH3 is 1. The predicted molar refractivity (Wildman–Crippen MR) is 72.2 cm³/mol. The van der Waals surface area contributed by atoms with Gasteiger partial charge in [-0.2, -0.15) is 0 Å². The molecule has 0 unspecified atom stereocenters. The molecule has 0 atom stereocenters. The molecule has 0 heterocycles. The highest BCUT2D eigenvalue weighted by Crippen LogP contribution is 2.11. The molecule has 19 heavy (non-hydrogen) atoms. The van der Waals surface area contributed by atoms with E-state index in [2.05, 4.69) is 4.74 Å². The minimum Gasteiger partial charge on any atom is -0.481 e. The normalized spacial score (nSPS) is 10.2. The largest absolute Gasteiger partial charge is 0.481 e. The van der Waals surface area contributed by atoms with E-state index in [1.807, 2.05) is 12.1 Å². The number of unbranched alkanes of at least 4 members (excludes halogenated alkanes) is 3. The first-order valence-electron chi connectivity index (χ1n) is 6.52. The van der Waals surface area contributed by atoms with Crippen LogP contribution in [0.3, 0.4) is 0 Å². The molecule has 4 nitrogen and oxygen atoms in total. The molecule has 1 aromatic rings. The van der Waals surface area contributed by atoms with Gasteiger partial charge in [0, 0.05) is 6.42 Å². The Balaban J connectivity index is 2.23. The molecule has 0 spiro atoms. The maximum atomic E-state index is 11.2. The Morgan fingerprint density at radius 2 is 1.68 bits per heavy atom. The van der Waals surface area contributed by atoms with Crippen LogP contribution in [0.2, 0.25) is 0 Å². The van der Waals surface area contributed by atoms with Crippen molar-refractivity contribution in [3.05, 3.63) is 35.4 Å². The van der Waals surface area contributed by atoms with Gasteiger partial charge in [-0.1, -0.05) is 25.0 Å². The predicted octanol–water partition coefficient (Wildman–Crippen LogP) is 3.05. The summed E-state index contributed by atoms with van der Waals surface area (Å²) in [6.45, 7) is 0. The number of benzene rings is 1. The van der Waals surface area contributed by atoms with Gasteiger partial charge in [-0.25, -0.2) is 4.79 Å². The molecule has 0 aliphatic rings. The molecule has 0 fully saturated rings. The summed E-state index contributed by atoms with van der Waals surface area (Å²) >= 11 is 0. The first-order chi connectivity index (χ1) is 9.13. The smallest absolute Gasteiger partial charge is 0.337 e. The van der Waals surface area contributed by atoms with Crippen LogP contribution >= 0.6 is 0 Å². The van der Waals surface area contributed by atoms with Crippen LogP contribution in [0.1, 0.15) is 48.0 Å². The maximum Gasteiger partial charge on any atom is 0.337 e. The lowest BCUT2D eigenvalue weighted by atomic mass is 10.0. The topological polar surface area (TPSA) is 63.6 Å². The van der Waals surface area contributed by atoms with Gasteiger partial charge >= 0.3 is 11.9 Å². The number of hydrogen-bond donors (Lipinski definition) is 1. The van der Waals surface area contributed by atoms with Gasteiger partial charge in [-0.15, -0.1) is 0 Å². The van der Waals surface area contributed by atoms with Crippen molar-refractivity contribution >= 4 is 11.9 Å². The average molecular weight is 264 g/mol. The molecule has 0 amide bonds. The van der Waals surface area contributed by atoms with Crippen LogP contribution in [0.25, 0.3) is 0 Å². The quantitative estimate of drug-likeness (QED) is 0.579. The van der Waals surface area contributed by atoms with Gasteiger partial charge in [-0.3, -0.25) is 4.79 Å². The third-order valence-electron chi connectivity index (χ3n) is 2.98. The van der Waals surface area contributed by atoms with Crippen molar-refractivity contribution in [3.63, 3.8) is 0 Å². The molecule has 104 valence electrons. The van der Waals surface area contributed by atoms with Crippen molar-refractivity contribution in [2.45, 2.75) is 38.5 Å². The number of carboxylic acid groups (broad SMARTS) is 1. The molecular weight excluding hydrogens is 244 g/mol. The Bertz CT molecular complexity index is 409. The molecule has 1 rings (SSSR count). The van der Waals surface area contributed by atoms with Crippen LogP contribution in [0.15, 0.2) is 24.3 Å². The van der Waals surface area contributed by atoms with Crippen LogP contribution in [0.4, 0.5) is 0 Å². The van der Waals surface area contributed by atoms with Crippen molar-refractivity contribution in [2.75, 3.05) is 7.11 Å². The van der Waals surface area contributed by atoms with E-state index < -0.39 is 5.97 Å². The number of hydrogen-bond acceptors (Lipinski definition) is 3. The molecule has 1 aromatic carbocycles. The van der Waals surface area contributed by atoms with Gasteiger partial charge in [-0.05, 0) is 37.0 Å². The molecule has 0 bridgehead atoms. The highest BCUT2D eigenvalue weighted by molar-refractivity contribution is 5.89. The van der Waals surface area contributed by atoms with E-state index in [0.29, 0.717) is 5.56 Å². The van der Waals surface area contributed by atoms with Crippen molar-refractivity contribution in [1.82, 2.24) is 0 Å². The van der Waals surface area contributed by atoms with E-state index in [4.69, 9.17) is 5.11 Å². The standard InChI is InChI=1S/C15H20O4/c1-19-15(18)13-10-8-12(9-11-13)6-4-2-3-5-7-14(16)17/h8-11H,2-7H2,1H3,(H,16,17). The molecule has 0 aromatic heterocycles. The minimum absolute atomic E-state index is 0.258. The average Bonchev–Trinajstić information content (AvgIpc) is 2.42. The second-order valence-corrected chi connectivity index (χ2v) is 4.50. The summed E-state index contributed by atoms with van der Waals surface area (Å²) < 4.78 is 4.63. The lowest BCUT2D eigenvalue weighted by Gasteiger charge is -2.03. The van der Waals surface area contributed by atoms with Crippen LogP contribution in [-0.4, -0.2) is 24.2 Å². The molecule has 4 heteroatoms. The van der Waals surface area contributed by atoms with Gasteiger partial charge < -0.3 is 9.84 Å². The number of aryl methyl sites for hydroxylation is 1. The van der Waals surface area contributed by atoms with Gasteiger partial charge in [0.25, 0.3) is 0 Å². The zero-order valence-electron chi connectivity index (χ0n) is 11.2. The molecule has 0 saturated heterocycles. The Labute approximate surface area is 113 Å². The third-order valence-corrected chi connectivity index (χ3v) is 2.98. The molecule has 0 radical (unpaired) electrons. The van der Waals surface area contributed by atoms with E-state index in [0.717, 1.165) is 32.1 Å². The summed E-state index contributed by atoms with van der Waals surface area (Å²) in [4.78, 5) is 21.6. The minimum atomic E-state index is -0.724. The second kappa shape index (κ2) is 8.29. The van der Waals surface area contributed by atoms with Gasteiger partial charge in [0.2, 0.25) is 0 Å². The first kappa shape index (κ1) is 15.2. The monoisotopic (exact) mass is 264 g/mol. The fourth-order valence-electron chi connectivity index (χ4n) is 1.88. The number of rotatable bonds is 8. The summed E-state index contributed by atoms with van der Waals surface area (Å²) in [6, 6.07) is 7.41. The van der Waals surface area contributed by atoms with E-state index in [1.54, 1.807) is 12.1 Å². The summed E-state index contributed by atoms with van der Waals surface area (Å²) in [7, 11) is 1.37. The second-order valence-electron chi connectivity index (χ2n) is 4.50. The van der Waals surface area contributed by atoms with Crippen molar-refractivity contribution in [2.24, 2.45) is 0 Å². The van der Waals surface area contributed by atoms with Crippen LogP contribution in [0, 0.1) is 0 Å². The molecular formula is C15H20O4. The summed E-state index contributed by atoms with van der Waals surface area (Å²) in [5.41, 5.74) is 1.75. The lowest BCUT2D eigenvalue weighted by molar-refractivity contribution is -0.137. The Morgan fingerprint density at radius 3 is 2.26 bits per heavy atom. The Hall–Kier alpha value is -1.84. The van der Waals surface area contributed by atoms with Gasteiger partial charge in [0.15, 0.2) is 0 Å². The third kappa shape index (κ3) is 6.04. The SMILES string of the molecule is COC(=O)c1ccc(CCCCCCC(=O)O)cc1. The van der Waals surface area contributed by atoms with Crippen molar-refractivity contribution < 1.29 is 19.4 Å². The first-order valence-corrected chi connectivity index (χ1v) is 6.52. The highest BCUT2D eigenvalue weighted by Gasteiger charge is 2.04. The number of carbonyl (C=O) groups is 2. The summed E-state index contributed by atoms with van der Waals surface area (Å²) in [5.74, 6) is -1.04. The zero-order chi connectivity index (χ0) is 14.1. The number of carboxylic acids is 1. The van der Waals surface area contributed by atoms with E-state index in [9.17, 15) is 9.59 Å². The van der Waals surface area contributed by atoms with Gasteiger partial charge in [0.05, 0.1) is 12.7 Å². The Morgan fingerprint density at radius 1 is 1.05 bits per heavy atom. The fraction of sp³-hybridized carbons (Fsp3) is 0.467. The number of carbonyl (C=O) groups excluding carboxylic acids is 1. The fourth-order valence-corrected chi connectivity index (χ4v) is 1.88. The van der Waals surface area contributed by atoms with Crippen LogP contribution < -0.4 is 0 Å². The highest BCUT2D eigenvalue weighted by atomic mass is 16.5. The summed E-state index contributed by atoms with van der Waals surface area (Å²) in [6.07, 6.45) is 4.98. The van der Waals surface area contributed by atoms with Crippen LogP contribution in [-0.2, 0) is 16.0 Å². The van der Waals surface area contributed by atoms with E-state index >= 15 is 0 Å². The molecule has 0 aliphatic heterocycles. The maximum absolute atomic E-state index is 11.2. The summed E-state index contributed by atoms with van der Waals surface area (Å²) in [5, 5.41) is 8.50. The van der Waals surface area contributed by atoms with Crippen molar-refractivity contribution in [3.8, 4) is 0 Å². The van der Waals surface area contributed by atoms with E-state index in [1.165, 1.54) is 12.7 Å². The van der Waals surface area contributed by atoms with Crippen molar-refractivity contribution in [1.29, 1.82) is 0 Å². The number of ether oxygens (including phenoxy) is 1.